The van der Waals surface area contributed by atoms with E-state index in [0.717, 1.165) is 24.8 Å². The fourth-order valence-corrected chi connectivity index (χ4v) is 3.53. The number of carbonyl (C=O) groups excluding carboxylic acids is 2. The van der Waals surface area contributed by atoms with Crippen molar-refractivity contribution in [3.8, 4) is 0 Å². The molecule has 0 aliphatic carbocycles. The zero-order valence-corrected chi connectivity index (χ0v) is 16.4. The first kappa shape index (κ1) is 19.3. The summed E-state index contributed by atoms with van der Waals surface area (Å²) < 4.78 is 5.42. The number of nitrogens with zero attached hydrogens (tertiary/aromatic N) is 1. The molecule has 0 spiro atoms. The summed E-state index contributed by atoms with van der Waals surface area (Å²) in [5, 5.41) is 4.22. The van der Waals surface area contributed by atoms with Crippen molar-refractivity contribution in [1.82, 2.24) is 15.2 Å². The predicted octanol–water partition coefficient (Wildman–Crippen LogP) is 3.62. The quantitative estimate of drug-likeness (QED) is 0.789. The molecule has 3 rings (SSSR count). The number of ether oxygens (including phenoxy) is 1. The number of rotatable bonds is 5. The summed E-state index contributed by atoms with van der Waals surface area (Å²) in [7, 11) is 0. The maximum absolute atomic E-state index is 12.5. The second kappa shape index (κ2) is 8.03. The smallest absolute Gasteiger partial charge is 0.410 e. The first-order valence-corrected chi connectivity index (χ1v) is 9.67. The van der Waals surface area contributed by atoms with Gasteiger partial charge >= 0.3 is 6.09 Å². The Morgan fingerprint density at radius 3 is 2.85 bits per heavy atom. The van der Waals surface area contributed by atoms with E-state index in [2.05, 4.69) is 22.4 Å². The Labute approximate surface area is 160 Å². The average Bonchev–Trinajstić information content (AvgIpc) is 3.24. The molecule has 2 heterocycles. The molecule has 2 N–H and O–H groups in total. The van der Waals surface area contributed by atoms with Crippen LogP contribution in [0.2, 0.25) is 0 Å². The lowest BCUT2D eigenvalue weighted by atomic mass is 10.1. The van der Waals surface area contributed by atoms with Crippen LogP contribution in [0.3, 0.4) is 0 Å². The lowest BCUT2D eigenvalue weighted by Crippen LogP contribution is -2.47. The molecule has 0 saturated carbocycles. The van der Waals surface area contributed by atoms with E-state index < -0.39 is 17.7 Å². The molecular weight excluding hydrogens is 342 g/mol. The number of benzene rings is 1. The van der Waals surface area contributed by atoms with Gasteiger partial charge in [0.25, 0.3) is 0 Å². The van der Waals surface area contributed by atoms with Crippen LogP contribution in [-0.2, 0) is 16.0 Å². The molecule has 2 aromatic rings. The van der Waals surface area contributed by atoms with Gasteiger partial charge in [0.2, 0.25) is 5.91 Å². The molecule has 1 aliphatic rings. The number of hydrogen-bond donors (Lipinski definition) is 2. The second-order valence-electron chi connectivity index (χ2n) is 8.09. The van der Waals surface area contributed by atoms with Crippen LogP contribution in [0.5, 0.6) is 0 Å². The van der Waals surface area contributed by atoms with Crippen LogP contribution in [0.25, 0.3) is 10.9 Å². The monoisotopic (exact) mass is 371 g/mol. The Bertz CT molecular complexity index is 806. The average molecular weight is 371 g/mol. The Kier molecular flexibility index (Phi) is 5.73. The van der Waals surface area contributed by atoms with Crippen LogP contribution in [0.15, 0.2) is 30.5 Å². The minimum Gasteiger partial charge on any atom is -0.444 e. The van der Waals surface area contributed by atoms with E-state index in [9.17, 15) is 9.59 Å². The molecule has 27 heavy (non-hydrogen) atoms. The number of H-pyrrole nitrogens is 1. The summed E-state index contributed by atoms with van der Waals surface area (Å²) in [6.07, 6.45) is 4.89. The van der Waals surface area contributed by atoms with Gasteiger partial charge in [-0.25, -0.2) is 4.79 Å². The SMILES string of the molecule is CC(C)(C)OC(=O)N1CCC[C@H]1C(=O)NCCCc1c[nH]c2ccccc12. The van der Waals surface area contributed by atoms with E-state index in [0.29, 0.717) is 19.5 Å². The van der Waals surface area contributed by atoms with Gasteiger partial charge in [-0.2, -0.15) is 0 Å². The van der Waals surface area contributed by atoms with Gasteiger partial charge in [0.1, 0.15) is 11.6 Å². The van der Waals surface area contributed by atoms with Gasteiger partial charge in [0, 0.05) is 30.2 Å². The summed E-state index contributed by atoms with van der Waals surface area (Å²) in [5.74, 6) is -0.0858. The van der Waals surface area contributed by atoms with Gasteiger partial charge in [0.15, 0.2) is 0 Å². The normalized spacial score (nSPS) is 17.3. The predicted molar refractivity (Wildman–Crippen MR) is 106 cm³/mol. The van der Waals surface area contributed by atoms with E-state index in [4.69, 9.17) is 4.74 Å². The molecule has 1 fully saturated rings. The zero-order chi connectivity index (χ0) is 19.4. The Hall–Kier alpha value is -2.50. The number of hydrogen-bond acceptors (Lipinski definition) is 3. The molecule has 0 bridgehead atoms. The molecule has 6 nitrogen and oxygen atoms in total. The number of carbonyl (C=O) groups is 2. The third kappa shape index (κ3) is 4.81. The van der Waals surface area contributed by atoms with Gasteiger partial charge in [0.05, 0.1) is 0 Å². The van der Waals surface area contributed by atoms with Gasteiger partial charge in [-0.1, -0.05) is 18.2 Å². The molecule has 1 aromatic heterocycles. The standard InChI is InChI=1S/C21H29N3O3/c1-21(2,3)27-20(26)24-13-7-11-18(24)19(25)22-12-6-8-15-14-23-17-10-5-4-9-16(15)17/h4-5,9-10,14,18,23H,6-8,11-13H2,1-3H3,(H,22,25)/t18-/m0/s1. The molecule has 6 heteroatoms. The van der Waals surface area contributed by atoms with Crippen molar-refractivity contribution >= 4 is 22.9 Å². The maximum atomic E-state index is 12.5. The largest absolute Gasteiger partial charge is 0.444 e. The van der Waals surface area contributed by atoms with Crippen LogP contribution in [0.4, 0.5) is 4.79 Å². The fraction of sp³-hybridized carbons (Fsp3) is 0.524. The third-order valence-electron chi connectivity index (χ3n) is 4.78. The van der Waals surface area contributed by atoms with Crippen molar-refractivity contribution in [2.75, 3.05) is 13.1 Å². The Balaban J connectivity index is 1.48. The number of likely N-dealkylation sites (tertiary alicyclic amines) is 1. The van der Waals surface area contributed by atoms with Crippen LogP contribution >= 0.6 is 0 Å². The van der Waals surface area contributed by atoms with Gasteiger partial charge in [-0.15, -0.1) is 0 Å². The summed E-state index contributed by atoms with van der Waals surface area (Å²) in [6, 6.07) is 7.80. The minimum absolute atomic E-state index is 0.0858. The lowest BCUT2D eigenvalue weighted by molar-refractivity contribution is -0.125. The number of aryl methyl sites for hydroxylation is 1. The highest BCUT2D eigenvalue weighted by molar-refractivity contribution is 5.86. The number of aromatic amines is 1. The highest BCUT2D eigenvalue weighted by Crippen LogP contribution is 2.21. The first-order valence-electron chi connectivity index (χ1n) is 9.67. The van der Waals surface area contributed by atoms with Crippen molar-refractivity contribution in [3.05, 3.63) is 36.0 Å². The minimum atomic E-state index is -0.556. The van der Waals surface area contributed by atoms with E-state index >= 15 is 0 Å². The summed E-state index contributed by atoms with van der Waals surface area (Å²) in [5.41, 5.74) is 1.84. The summed E-state index contributed by atoms with van der Waals surface area (Å²) in [6.45, 7) is 6.67. The molecule has 0 unspecified atom stereocenters. The topological polar surface area (TPSA) is 74.4 Å². The Morgan fingerprint density at radius 1 is 1.30 bits per heavy atom. The fourth-order valence-electron chi connectivity index (χ4n) is 3.53. The van der Waals surface area contributed by atoms with E-state index in [1.54, 1.807) is 4.90 Å². The number of nitrogens with one attached hydrogen (secondary N) is 2. The molecule has 1 atom stereocenters. The van der Waals surface area contributed by atoms with Crippen LogP contribution < -0.4 is 5.32 Å². The molecule has 0 radical (unpaired) electrons. The lowest BCUT2D eigenvalue weighted by Gasteiger charge is -2.28. The Morgan fingerprint density at radius 2 is 2.07 bits per heavy atom. The second-order valence-corrected chi connectivity index (χ2v) is 8.09. The maximum Gasteiger partial charge on any atom is 0.410 e. The molecule has 146 valence electrons. The summed E-state index contributed by atoms with van der Waals surface area (Å²) in [4.78, 5) is 29.7. The van der Waals surface area contributed by atoms with Crippen molar-refractivity contribution in [2.45, 2.75) is 58.1 Å². The molecule has 1 aromatic carbocycles. The third-order valence-corrected chi connectivity index (χ3v) is 4.78. The van der Waals surface area contributed by atoms with Crippen molar-refractivity contribution < 1.29 is 14.3 Å². The first-order chi connectivity index (χ1) is 12.8. The molecular formula is C21H29N3O3. The van der Waals surface area contributed by atoms with E-state index in [-0.39, 0.29) is 5.91 Å². The van der Waals surface area contributed by atoms with Crippen LogP contribution in [0, 0.1) is 0 Å². The number of aromatic nitrogens is 1. The van der Waals surface area contributed by atoms with Crippen LogP contribution in [0.1, 0.15) is 45.6 Å². The van der Waals surface area contributed by atoms with Gasteiger partial charge in [-0.05, 0) is 58.1 Å². The summed E-state index contributed by atoms with van der Waals surface area (Å²) >= 11 is 0. The molecule has 1 saturated heterocycles. The van der Waals surface area contributed by atoms with E-state index in [1.165, 1.54) is 10.9 Å². The molecule has 2 amide bonds. The number of para-hydroxylation sites is 1. The number of amides is 2. The van der Waals surface area contributed by atoms with Crippen molar-refractivity contribution in [1.29, 1.82) is 0 Å². The highest BCUT2D eigenvalue weighted by atomic mass is 16.6. The van der Waals surface area contributed by atoms with Crippen LogP contribution in [-0.4, -0.2) is 46.6 Å². The molecule has 1 aliphatic heterocycles. The van der Waals surface area contributed by atoms with Crippen molar-refractivity contribution in [2.24, 2.45) is 0 Å². The van der Waals surface area contributed by atoms with Gasteiger partial charge in [-0.3, -0.25) is 9.69 Å². The van der Waals surface area contributed by atoms with E-state index in [1.807, 2.05) is 39.1 Å². The van der Waals surface area contributed by atoms with Crippen molar-refractivity contribution in [3.63, 3.8) is 0 Å². The number of fused-ring (bicyclic) bond motifs is 1. The zero-order valence-electron chi connectivity index (χ0n) is 16.4. The highest BCUT2D eigenvalue weighted by Gasteiger charge is 2.36. The van der Waals surface area contributed by atoms with Gasteiger partial charge < -0.3 is 15.0 Å².